The molecule has 0 bridgehead atoms. The number of para-hydroxylation sites is 1. The number of fused-ring (bicyclic) bond motifs is 1. The molecule has 2 aromatic carbocycles. The van der Waals surface area contributed by atoms with E-state index in [0.29, 0.717) is 13.1 Å². The van der Waals surface area contributed by atoms with Crippen molar-refractivity contribution < 1.29 is 27.3 Å². The number of halogens is 1. The number of hydrogen-bond donors (Lipinski definition) is 1. The SMILES string of the molecule is CC1=C(CC(=O)O)c2ccccc2[N+]1=CC1CN(S(=O)(=O)c2ccc(F)cc2)C[C@H]1C. The van der Waals surface area contributed by atoms with Crippen LogP contribution in [-0.2, 0) is 14.8 Å². The van der Waals surface area contributed by atoms with E-state index in [1.54, 1.807) is 0 Å². The molecule has 4 rings (SSSR count). The van der Waals surface area contributed by atoms with Crippen molar-refractivity contribution in [1.82, 2.24) is 4.31 Å². The highest BCUT2D eigenvalue weighted by Gasteiger charge is 2.40. The number of benzene rings is 2. The number of allylic oxidation sites excluding steroid dienone is 1. The van der Waals surface area contributed by atoms with Gasteiger partial charge in [0.25, 0.3) is 0 Å². The number of aliphatic carboxylic acids is 1. The van der Waals surface area contributed by atoms with Gasteiger partial charge in [0, 0.05) is 31.7 Å². The standard InChI is InChI=1S/C23H23FN2O4S/c1-15-12-25(31(29,30)19-9-7-18(24)8-10-19)13-17(15)14-26-16(2)21(11-23(27)28)20-5-3-4-6-22(20)26/h3-10,14-15,17H,11-13H2,1-2H3/p+1/t15-,17?/m1/s1. The van der Waals surface area contributed by atoms with Crippen molar-refractivity contribution in [3.63, 3.8) is 0 Å². The number of rotatable bonds is 5. The van der Waals surface area contributed by atoms with Crippen molar-refractivity contribution >= 4 is 33.5 Å². The lowest BCUT2D eigenvalue weighted by Gasteiger charge is -2.15. The average molecular weight is 444 g/mol. The second-order valence-corrected chi connectivity index (χ2v) is 10.0. The number of hydrogen-bond acceptors (Lipinski definition) is 3. The Hall–Kier alpha value is -2.84. The van der Waals surface area contributed by atoms with Gasteiger partial charge in [0.2, 0.25) is 15.7 Å². The molecule has 2 aromatic rings. The minimum atomic E-state index is -3.72. The minimum absolute atomic E-state index is 0.0533. The predicted octanol–water partition coefficient (Wildman–Crippen LogP) is 3.72. The smallest absolute Gasteiger partial charge is 0.308 e. The summed E-state index contributed by atoms with van der Waals surface area (Å²) in [5.41, 5.74) is 3.40. The Labute approximate surface area is 181 Å². The summed E-state index contributed by atoms with van der Waals surface area (Å²) in [5, 5.41) is 9.32. The van der Waals surface area contributed by atoms with Gasteiger partial charge in [-0.25, -0.2) is 12.8 Å². The highest BCUT2D eigenvalue weighted by atomic mass is 32.2. The van der Waals surface area contributed by atoms with Gasteiger partial charge in [-0.3, -0.25) is 4.79 Å². The molecule has 0 spiro atoms. The van der Waals surface area contributed by atoms with E-state index in [-0.39, 0.29) is 23.2 Å². The Balaban J connectivity index is 1.66. The number of nitrogens with zero attached hydrogens (tertiary/aromatic N) is 2. The van der Waals surface area contributed by atoms with E-state index >= 15 is 0 Å². The Morgan fingerprint density at radius 2 is 1.87 bits per heavy atom. The quantitative estimate of drug-likeness (QED) is 0.715. The van der Waals surface area contributed by atoms with E-state index < -0.39 is 21.8 Å². The number of carbonyl (C=O) groups is 1. The second kappa shape index (κ2) is 8.01. The molecule has 0 radical (unpaired) electrons. The van der Waals surface area contributed by atoms with E-state index in [9.17, 15) is 22.7 Å². The van der Waals surface area contributed by atoms with Crippen LogP contribution in [0.25, 0.3) is 5.57 Å². The summed E-state index contributed by atoms with van der Waals surface area (Å²) >= 11 is 0. The maximum absolute atomic E-state index is 13.2. The zero-order valence-electron chi connectivity index (χ0n) is 17.3. The molecular weight excluding hydrogens is 419 g/mol. The summed E-state index contributed by atoms with van der Waals surface area (Å²) < 4.78 is 42.7. The molecular formula is C23H24FN2O4S+. The zero-order chi connectivity index (χ0) is 22.3. The summed E-state index contributed by atoms with van der Waals surface area (Å²) in [5.74, 6) is -1.36. The van der Waals surface area contributed by atoms with Gasteiger partial charge in [0.05, 0.1) is 22.8 Å². The van der Waals surface area contributed by atoms with Crippen molar-refractivity contribution in [2.24, 2.45) is 11.8 Å². The normalized spacial score (nSPS) is 22.9. The first-order valence-corrected chi connectivity index (χ1v) is 11.5. The summed E-state index contributed by atoms with van der Waals surface area (Å²) in [6.45, 7) is 4.56. The minimum Gasteiger partial charge on any atom is -0.481 e. The van der Waals surface area contributed by atoms with E-state index in [2.05, 4.69) is 0 Å². The molecule has 2 aliphatic rings. The fourth-order valence-electron chi connectivity index (χ4n) is 4.31. The maximum Gasteiger partial charge on any atom is 0.308 e. The van der Waals surface area contributed by atoms with Crippen molar-refractivity contribution in [2.75, 3.05) is 13.1 Å². The highest BCUT2D eigenvalue weighted by Crippen LogP contribution is 2.40. The first kappa shape index (κ1) is 21.4. The summed E-state index contributed by atoms with van der Waals surface area (Å²) in [6, 6.07) is 12.5. The summed E-state index contributed by atoms with van der Waals surface area (Å²) in [4.78, 5) is 11.4. The molecule has 2 heterocycles. The summed E-state index contributed by atoms with van der Waals surface area (Å²) in [6.07, 6.45) is 1.94. The molecule has 2 atom stereocenters. The third-order valence-electron chi connectivity index (χ3n) is 6.04. The van der Waals surface area contributed by atoms with Gasteiger partial charge in [0.1, 0.15) is 5.82 Å². The van der Waals surface area contributed by atoms with Crippen LogP contribution in [0.1, 0.15) is 25.8 Å². The average Bonchev–Trinajstić information content (AvgIpc) is 3.22. The number of carboxylic acid groups (broad SMARTS) is 1. The van der Waals surface area contributed by atoms with Gasteiger partial charge in [-0.1, -0.05) is 19.1 Å². The van der Waals surface area contributed by atoms with Crippen molar-refractivity contribution in [3.8, 4) is 0 Å². The molecule has 8 heteroatoms. The second-order valence-electron chi connectivity index (χ2n) is 8.09. The van der Waals surface area contributed by atoms with E-state index in [0.717, 1.165) is 34.7 Å². The monoisotopic (exact) mass is 443 g/mol. The van der Waals surface area contributed by atoms with Gasteiger partial charge in [-0.2, -0.15) is 8.88 Å². The largest absolute Gasteiger partial charge is 0.481 e. The van der Waals surface area contributed by atoms with Gasteiger partial charge in [-0.05, 0) is 36.2 Å². The highest BCUT2D eigenvalue weighted by molar-refractivity contribution is 7.89. The molecule has 1 fully saturated rings. The molecule has 31 heavy (non-hydrogen) atoms. The molecule has 0 saturated carbocycles. The van der Waals surface area contributed by atoms with Crippen LogP contribution < -0.4 is 0 Å². The van der Waals surface area contributed by atoms with E-state index in [1.165, 1.54) is 16.4 Å². The van der Waals surface area contributed by atoms with Crippen LogP contribution in [0.15, 0.2) is 59.1 Å². The third kappa shape index (κ3) is 3.93. The Morgan fingerprint density at radius 3 is 2.55 bits per heavy atom. The molecule has 2 aliphatic heterocycles. The molecule has 0 aromatic heterocycles. The lowest BCUT2D eigenvalue weighted by Crippen LogP contribution is -2.29. The zero-order valence-corrected chi connectivity index (χ0v) is 18.1. The van der Waals surface area contributed by atoms with E-state index in [1.807, 2.05) is 48.9 Å². The van der Waals surface area contributed by atoms with Crippen LogP contribution in [-0.4, -0.2) is 47.7 Å². The molecule has 1 N–H and O–H groups in total. The topological polar surface area (TPSA) is 77.7 Å². The van der Waals surface area contributed by atoms with Gasteiger partial charge < -0.3 is 5.11 Å². The Kier molecular flexibility index (Phi) is 5.53. The lowest BCUT2D eigenvalue weighted by atomic mass is 9.99. The van der Waals surface area contributed by atoms with Crippen molar-refractivity contribution in [2.45, 2.75) is 25.2 Å². The predicted molar refractivity (Wildman–Crippen MR) is 115 cm³/mol. The lowest BCUT2D eigenvalue weighted by molar-refractivity contribution is -0.375. The van der Waals surface area contributed by atoms with Crippen molar-refractivity contribution in [1.29, 1.82) is 0 Å². The molecule has 6 nitrogen and oxygen atoms in total. The van der Waals surface area contributed by atoms with Crippen molar-refractivity contribution in [3.05, 3.63) is 65.6 Å². The Morgan fingerprint density at radius 1 is 1.19 bits per heavy atom. The van der Waals surface area contributed by atoms with E-state index in [4.69, 9.17) is 0 Å². The van der Waals surface area contributed by atoms with Crippen LogP contribution in [0.3, 0.4) is 0 Å². The van der Waals surface area contributed by atoms with Crippen LogP contribution in [0.4, 0.5) is 10.1 Å². The molecule has 1 saturated heterocycles. The van der Waals surface area contributed by atoms with Crippen LogP contribution >= 0.6 is 0 Å². The molecule has 0 amide bonds. The van der Waals surface area contributed by atoms with Crippen LogP contribution in [0.2, 0.25) is 0 Å². The molecule has 0 aliphatic carbocycles. The first-order chi connectivity index (χ1) is 14.7. The fraction of sp³-hybridized carbons (Fsp3) is 0.304. The summed E-state index contributed by atoms with van der Waals surface area (Å²) in [7, 11) is -3.72. The molecule has 1 unspecified atom stereocenters. The van der Waals surface area contributed by atoms with Gasteiger partial charge in [-0.15, -0.1) is 0 Å². The third-order valence-corrected chi connectivity index (χ3v) is 7.89. The number of sulfonamides is 1. The van der Waals surface area contributed by atoms with Gasteiger partial charge in [0.15, 0.2) is 11.9 Å². The van der Waals surface area contributed by atoms with Crippen LogP contribution in [0.5, 0.6) is 0 Å². The number of carboxylic acids is 1. The molecule has 162 valence electrons. The first-order valence-electron chi connectivity index (χ1n) is 10.1. The maximum atomic E-state index is 13.2. The Bertz CT molecular complexity index is 1200. The van der Waals surface area contributed by atoms with Gasteiger partial charge >= 0.3 is 5.97 Å². The fourth-order valence-corrected chi connectivity index (χ4v) is 5.89. The van der Waals surface area contributed by atoms with Crippen LogP contribution in [0, 0.1) is 17.7 Å².